The molecule has 3 rings (SSSR count). The van der Waals surface area contributed by atoms with E-state index in [1.807, 2.05) is 4.57 Å². The molecule has 1 aliphatic rings. The van der Waals surface area contributed by atoms with Crippen LogP contribution in [0.2, 0.25) is 0 Å². The number of nitrogens with zero attached hydrogens (tertiary/aromatic N) is 5. The van der Waals surface area contributed by atoms with Gasteiger partial charge in [-0.2, -0.15) is 0 Å². The summed E-state index contributed by atoms with van der Waals surface area (Å²) in [6.07, 6.45) is 7.15. The molecule has 8 heteroatoms. The first-order valence-electron chi connectivity index (χ1n) is 10.5. The van der Waals surface area contributed by atoms with Crippen LogP contribution in [0.3, 0.4) is 0 Å². The second kappa shape index (κ2) is 9.52. The minimum Gasteiger partial charge on any atom is -0.379 e. The summed E-state index contributed by atoms with van der Waals surface area (Å²) in [6.45, 7) is 6.81. The molecule has 0 radical (unpaired) electrons. The van der Waals surface area contributed by atoms with Gasteiger partial charge >= 0.3 is 5.69 Å². The van der Waals surface area contributed by atoms with Crippen molar-refractivity contribution >= 4 is 11.2 Å². The first-order valence-corrected chi connectivity index (χ1v) is 10.5. The highest BCUT2D eigenvalue weighted by Crippen LogP contribution is 2.16. The molecule has 1 fully saturated rings. The van der Waals surface area contributed by atoms with Crippen LogP contribution in [0.25, 0.3) is 11.2 Å². The van der Waals surface area contributed by atoms with Gasteiger partial charge in [-0.05, 0) is 6.42 Å². The lowest BCUT2D eigenvalue weighted by molar-refractivity contribution is 0.0326. The predicted octanol–water partition coefficient (Wildman–Crippen LogP) is 1.63. The Morgan fingerprint density at radius 2 is 1.64 bits per heavy atom. The van der Waals surface area contributed by atoms with Gasteiger partial charge in [0, 0.05) is 33.7 Å². The summed E-state index contributed by atoms with van der Waals surface area (Å²) in [7, 11) is 3.22. The number of aromatic nitrogens is 4. The maximum atomic E-state index is 12.9. The zero-order valence-electron chi connectivity index (χ0n) is 17.4. The molecular formula is C20H33N5O3. The average molecular weight is 392 g/mol. The second-order valence-electron chi connectivity index (χ2n) is 7.71. The van der Waals surface area contributed by atoms with Gasteiger partial charge in [-0.1, -0.05) is 39.0 Å². The largest absolute Gasteiger partial charge is 0.379 e. The van der Waals surface area contributed by atoms with Crippen molar-refractivity contribution < 1.29 is 4.74 Å². The maximum absolute atomic E-state index is 12.9. The van der Waals surface area contributed by atoms with E-state index in [1.165, 1.54) is 41.9 Å². The van der Waals surface area contributed by atoms with Gasteiger partial charge in [-0.25, -0.2) is 9.78 Å². The zero-order chi connectivity index (χ0) is 20.1. The van der Waals surface area contributed by atoms with Gasteiger partial charge in [0.15, 0.2) is 11.2 Å². The minimum absolute atomic E-state index is 0.259. The molecule has 0 aliphatic carbocycles. The lowest BCUT2D eigenvalue weighted by Crippen LogP contribution is -2.37. The Morgan fingerprint density at radius 3 is 2.36 bits per heavy atom. The summed E-state index contributed by atoms with van der Waals surface area (Å²) in [5.74, 6) is 0.865. The summed E-state index contributed by atoms with van der Waals surface area (Å²) in [5, 5.41) is 0. The molecule has 0 N–H and O–H groups in total. The number of fused-ring (bicyclic) bond motifs is 1. The Labute approximate surface area is 165 Å². The molecule has 8 nitrogen and oxygen atoms in total. The summed E-state index contributed by atoms with van der Waals surface area (Å²) in [4.78, 5) is 32.2. The molecule has 2 aromatic heterocycles. The lowest BCUT2D eigenvalue weighted by Gasteiger charge is -2.26. The number of morpholine rings is 1. The average Bonchev–Trinajstić information content (AvgIpc) is 3.06. The quantitative estimate of drug-likeness (QED) is 0.608. The van der Waals surface area contributed by atoms with Crippen molar-refractivity contribution in [1.82, 2.24) is 23.6 Å². The molecule has 0 saturated carbocycles. The van der Waals surface area contributed by atoms with E-state index in [0.717, 1.165) is 51.5 Å². The second-order valence-corrected chi connectivity index (χ2v) is 7.71. The van der Waals surface area contributed by atoms with Crippen molar-refractivity contribution in [2.75, 3.05) is 26.3 Å². The third-order valence-electron chi connectivity index (χ3n) is 5.63. The fourth-order valence-corrected chi connectivity index (χ4v) is 3.86. The number of imidazole rings is 1. The van der Waals surface area contributed by atoms with Crippen molar-refractivity contribution in [2.45, 2.75) is 58.5 Å². The molecule has 1 aliphatic heterocycles. The number of unbranched alkanes of at least 4 members (excludes halogenated alkanes) is 5. The molecule has 3 heterocycles. The highest BCUT2D eigenvalue weighted by Gasteiger charge is 2.21. The van der Waals surface area contributed by atoms with Crippen LogP contribution in [0, 0.1) is 0 Å². The van der Waals surface area contributed by atoms with Crippen LogP contribution in [0.15, 0.2) is 9.59 Å². The maximum Gasteiger partial charge on any atom is 0.332 e. The molecule has 0 bridgehead atoms. The van der Waals surface area contributed by atoms with Crippen molar-refractivity contribution in [3.8, 4) is 0 Å². The van der Waals surface area contributed by atoms with E-state index in [4.69, 9.17) is 9.72 Å². The van der Waals surface area contributed by atoms with E-state index in [0.29, 0.717) is 17.7 Å². The first kappa shape index (κ1) is 20.8. The summed E-state index contributed by atoms with van der Waals surface area (Å²) in [5.41, 5.74) is 0.438. The minimum atomic E-state index is -0.334. The normalized spacial score (nSPS) is 15.5. The standard InChI is InChI=1S/C20H33N5O3/c1-4-5-6-7-8-9-10-25-16(15-24-11-13-28-14-12-24)21-18-17(25)19(26)23(3)20(27)22(18)2/h4-15H2,1-3H3. The van der Waals surface area contributed by atoms with Gasteiger partial charge in [-0.3, -0.25) is 18.8 Å². The van der Waals surface area contributed by atoms with Gasteiger partial charge < -0.3 is 9.30 Å². The molecule has 28 heavy (non-hydrogen) atoms. The van der Waals surface area contributed by atoms with Crippen molar-refractivity contribution in [3.63, 3.8) is 0 Å². The van der Waals surface area contributed by atoms with Gasteiger partial charge in [-0.15, -0.1) is 0 Å². The molecule has 0 amide bonds. The fraction of sp³-hybridized carbons (Fsp3) is 0.750. The SMILES string of the molecule is CCCCCCCCn1c(CN2CCOCC2)nc2c1c(=O)n(C)c(=O)n2C. The zero-order valence-corrected chi connectivity index (χ0v) is 17.4. The van der Waals surface area contributed by atoms with Crippen LogP contribution in [0.5, 0.6) is 0 Å². The summed E-state index contributed by atoms with van der Waals surface area (Å²) >= 11 is 0. The topological polar surface area (TPSA) is 74.3 Å². The smallest absolute Gasteiger partial charge is 0.332 e. The molecular weight excluding hydrogens is 358 g/mol. The van der Waals surface area contributed by atoms with Gasteiger partial charge in [0.25, 0.3) is 5.56 Å². The van der Waals surface area contributed by atoms with Crippen molar-refractivity contribution in [3.05, 3.63) is 26.7 Å². The van der Waals surface area contributed by atoms with E-state index in [1.54, 1.807) is 7.05 Å². The monoisotopic (exact) mass is 391 g/mol. The summed E-state index contributed by atoms with van der Waals surface area (Å²) < 4.78 is 10.2. The summed E-state index contributed by atoms with van der Waals surface area (Å²) in [6, 6.07) is 0. The molecule has 0 unspecified atom stereocenters. The third kappa shape index (κ3) is 4.38. The Balaban J connectivity index is 1.90. The van der Waals surface area contributed by atoms with E-state index in [9.17, 15) is 9.59 Å². The number of rotatable bonds is 9. The van der Waals surface area contributed by atoms with Crippen LogP contribution in [0.1, 0.15) is 51.3 Å². The Morgan fingerprint density at radius 1 is 0.964 bits per heavy atom. The highest BCUT2D eigenvalue weighted by molar-refractivity contribution is 5.71. The van der Waals surface area contributed by atoms with E-state index in [-0.39, 0.29) is 11.2 Å². The molecule has 156 valence electrons. The fourth-order valence-electron chi connectivity index (χ4n) is 3.86. The van der Waals surface area contributed by atoms with E-state index >= 15 is 0 Å². The van der Waals surface area contributed by atoms with E-state index < -0.39 is 0 Å². The Hall–Kier alpha value is -1.93. The Kier molecular flexibility index (Phi) is 7.07. The van der Waals surface area contributed by atoms with Crippen LogP contribution in [-0.4, -0.2) is 49.9 Å². The number of hydrogen-bond acceptors (Lipinski definition) is 5. The van der Waals surface area contributed by atoms with Crippen LogP contribution in [0.4, 0.5) is 0 Å². The molecule has 0 aromatic carbocycles. The number of hydrogen-bond donors (Lipinski definition) is 0. The Bertz CT molecular complexity index is 905. The van der Waals surface area contributed by atoms with Crippen molar-refractivity contribution in [1.29, 1.82) is 0 Å². The first-order chi connectivity index (χ1) is 13.5. The highest BCUT2D eigenvalue weighted by atomic mass is 16.5. The number of ether oxygens (including phenoxy) is 1. The van der Waals surface area contributed by atoms with Crippen LogP contribution < -0.4 is 11.2 Å². The third-order valence-corrected chi connectivity index (χ3v) is 5.63. The number of aryl methyl sites for hydroxylation is 2. The van der Waals surface area contributed by atoms with Crippen LogP contribution >= 0.6 is 0 Å². The van der Waals surface area contributed by atoms with Gasteiger partial charge in [0.05, 0.1) is 19.8 Å². The van der Waals surface area contributed by atoms with Gasteiger partial charge in [0.1, 0.15) is 5.82 Å². The molecule has 0 atom stereocenters. The molecule has 1 saturated heterocycles. The van der Waals surface area contributed by atoms with Crippen LogP contribution in [-0.2, 0) is 31.9 Å². The predicted molar refractivity (Wildman–Crippen MR) is 110 cm³/mol. The molecule has 0 spiro atoms. The van der Waals surface area contributed by atoms with Crippen molar-refractivity contribution in [2.24, 2.45) is 14.1 Å². The lowest BCUT2D eigenvalue weighted by atomic mass is 10.1. The van der Waals surface area contributed by atoms with Gasteiger partial charge in [0.2, 0.25) is 0 Å². The van der Waals surface area contributed by atoms with E-state index in [2.05, 4.69) is 11.8 Å². The molecule has 2 aromatic rings.